The Balaban J connectivity index is 1.73. The summed E-state index contributed by atoms with van der Waals surface area (Å²) in [4.78, 5) is 40.8. The molecule has 2 aliphatic rings. The summed E-state index contributed by atoms with van der Waals surface area (Å²) in [7, 11) is 3.40. The van der Waals surface area contributed by atoms with Crippen molar-refractivity contribution in [3.63, 3.8) is 0 Å². The van der Waals surface area contributed by atoms with E-state index in [0.29, 0.717) is 43.5 Å². The van der Waals surface area contributed by atoms with Gasteiger partial charge in [0, 0.05) is 43.7 Å². The SMILES string of the molecule is CN(C)C(=O)c1ccc2c(c1)C(=O)C1(CCN(C(=O)OC(C)(C)C)CC1)C2. The van der Waals surface area contributed by atoms with E-state index in [9.17, 15) is 14.4 Å². The number of nitrogens with zero attached hydrogens (tertiary/aromatic N) is 2. The van der Waals surface area contributed by atoms with Crippen molar-refractivity contribution in [2.45, 2.75) is 45.6 Å². The van der Waals surface area contributed by atoms with Crippen molar-refractivity contribution in [2.24, 2.45) is 5.41 Å². The van der Waals surface area contributed by atoms with Crippen LogP contribution in [0.5, 0.6) is 0 Å². The van der Waals surface area contributed by atoms with Gasteiger partial charge in [-0.15, -0.1) is 0 Å². The summed E-state index contributed by atoms with van der Waals surface area (Å²) in [5, 5.41) is 0. The van der Waals surface area contributed by atoms with Gasteiger partial charge in [0.15, 0.2) is 5.78 Å². The van der Waals surface area contributed by atoms with Crippen LogP contribution in [-0.2, 0) is 11.2 Å². The van der Waals surface area contributed by atoms with Gasteiger partial charge in [-0.3, -0.25) is 9.59 Å². The van der Waals surface area contributed by atoms with Gasteiger partial charge in [-0.05, 0) is 57.7 Å². The first-order valence-corrected chi connectivity index (χ1v) is 9.40. The van der Waals surface area contributed by atoms with Crippen molar-refractivity contribution in [3.8, 4) is 0 Å². The molecule has 1 aromatic carbocycles. The zero-order valence-corrected chi connectivity index (χ0v) is 16.8. The minimum Gasteiger partial charge on any atom is -0.444 e. The predicted octanol–water partition coefficient (Wildman–Crippen LogP) is 3.14. The van der Waals surface area contributed by atoms with Crippen molar-refractivity contribution in [1.29, 1.82) is 0 Å². The number of ketones is 1. The first-order chi connectivity index (χ1) is 12.5. The summed E-state index contributed by atoms with van der Waals surface area (Å²) < 4.78 is 5.44. The summed E-state index contributed by atoms with van der Waals surface area (Å²) in [6.45, 7) is 6.57. The van der Waals surface area contributed by atoms with E-state index < -0.39 is 11.0 Å². The number of fused-ring (bicyclic) bond motifs is 1. The fourth-order valence-corrected chi connectivity index (χ4v) is 3.91. The monoisotopic (exact) mass is 372 g/mol. The molecule has 27 heavy (non-hydrogen) atoms. The second-order valence-corrected chi connectivity index (χ2v) is 8.83. The number of hydrogen-bond donors (Lipinski definition) is 0. The fraction of sp³-hybridized carbons (Fsp3) is 0.571. The number of carbonyl (C=O) groups is 3. The van der Waals surface area contributed by atoms with Gasteiger partial charge in [0.1, 0.15) is 5.60 Å². The normalized spacial score (nSPS) is 18.4. The van der Waals surface area contributed by atoms with Gasteiger partial charge < -0.3 is 14.5 Å². The van der Waals surface area contributed by atoms with E-state index in [1.807, 2.05) is 26.8 Å². The van der Waals surface area contributed by atoms with E-state index in [2.05, 4.69) is 0 Å². The Morgan fingerprint density at radius 2 is 1.78 bits per heavy atom. The van der Waals surface area contributed by atoms with Crippen LogP contribution in [-0.4, -0.2) is 60.4 Å². The molecule has 6 heteroatoms. The third-order valence-corrected chi connectivity index (χ3v) is 5.39. The smallest absolute Gasteiger partial charge is 0.410 e. The zero-order chi connectivity index (χ0) is 20.0. The standard InChI is InChI=1S/C21H28N2O4/c1-20(2,3)27-19(26)23-10-8-21(9-11-23)13-15-7-6-14(18(25)22(4)5)12-16(15)17(21)24/h6-7,12H,8-11,13H2,1-5H3. The maximum absolute atomic E-state index is 13.2. The molecule has 1 aliphatic heterocycles. The molecule has 0 aromatic heterocycles. The number of Topliss-reactive ketones (excluding diaryl/α,β-unsaturated/α-hetero) is 1. The molecular weight excluding hydrogens is 344 g/mol. The number of hydrogen-bond acceptors (Lipinski definition) is 4. The number of likely N-dealkylation sites (tertiary alicyclic amines) is 1. The molecule has 1 fully saturated rings. The van der Waals surface area contributed by atoms with E-state index in [1.165, 1.54) is 4.90 Å². The molecule has 0 saturated carbocycles. The third-order valence-electron chi connectivity index (χ3n) is 5.39. The highest BCUT2D eigenvalue weighted by Crippen LogP contribution is 2.45. The molecule has 0 radical (unpaired) electrons. The van der Waals surface area contributed by atoms with Gasteiger partial charge in [-0.25, -0.2) is 4.79 Å². The molecule has 1 spiro atoms. The van der Waals surface area contributed by atoms with Gasteiger partial charge in [0.25, 0.3) is 5.91 Å². The highest BCUT2D eigenvalue weighted by Gasteiger charge is 2.48. The number of ether oxygens (including phenoxy) is 1. The molecule has 1 aromatic rings. The average molecular weight is 372 g/mol. The van der Waals surface area contributed by atoms with Crippen LogP contribution in [0.15, 0.2) is 18.2 Å². The lowest BCUT2D eigenvalue weighted by Gasteiger charge is -2.38. The Bertz CT molecular complexity index is 784. The molecule has 3 rings (SSSR count). The maximum atomic E-state index is 13.2. The van der Waals surface area contributed by atoms with Crippen molar-refractivity contribution < 1.29 is 19.1 Å². The van der Waals surface area contributed by atoms with Crippen molar-refractivity contribution >= 4 is 17.8 Å². The molecule has 0 N–H and O–H groups in total. The van der Waals surface area contributed by atoms with E-state index >= 15 is 0 Å². The second kappa shape index (κ2) is 6.66. The number of rotatable bonds is 1. The van der Waals surface area contributed by atoms with Gasteiger partial charge in [0.2, 0.25) is 0 Å². The minimum atomic E-state index is -0.527. The average Bonchev–Trinajstić information content (AvgIpc) is 2.85. The van der Waals surface area contributed by atoms with Crippen molar-refractivity contribution in [1.82, 2.24) is 9.80 Å². The molecule has 0 bridgehead atoms. The Morgan fingerprint density at radius 1 is 1.15 bits per heavy atom. The van der Waals surface area contributed by atoms with E-state index in [-0.39, 0.29) is 17.8 Å². The number of amides is 2. The number of carbonyl (C=O) groups excluding carboxylic acids is 3. The van der Waals surface area contributed by atoms with Gasteiger partial charge >= 0.3 is 6.09 Å². The van der Waals surface area contributed by atoms with Crippen molar-refractivity contribution in [3.05, 3.63) is 34.9 Å². The summed E-state index contributed by atoms with van der Waals surface area (Å²) in [6, 6.07) is 5.43. The topological polar surface area (TPSA) is 66.9 Å². The highest BCUT2D eigenvalue weighted by atomic mass is 16.6. The number of piperidine rings is 1. The zero-order valence-electron chi connectivity index (χ0n) is 16.8. The highest BCUT2D eigenvalue weighted by molar-refractivity contribution is 6.07. The molecule has 0 atom stereocenters. The van der Waals surface area contributed by atoms with E-state index in [0.717, 1.165) is 5.56 Å². The quantitative estimate of drug-likeness (QED) is 0.759. The van der Waals surface area contributed by atoms with Crippen LogP contribution in [0.1, 0.15) is 59.9 Å². The van der Waals surface area contributed by atoms with Crippen LogP contribution < -0.4 is 0 Å². The van der Waals surface area contributed by atoms with Crippen LogP contribution in [0.4, 0.5) is 4.79 Å². The second-order valence-electron chi connectivity index (χ2n) is 8.83. The lowest BCUT2D eigenvalue weighted by Crippen LogP contribution is -2.47. The van der Waals surface area contributed by atoms with Crippen LogP contribution in [0.3, 0.4) is 0 Å². The molecule has 146 valence electrons. The van der Waals surface area contributed by atoms with Gasteiger partial charge in [-0.2, -0.15) is 0 Å². The van der Waals surface area contributed by atoms with Crippen LogP contribution >= 0.6 is 0 Å². The first kappa shape index (κ1) is 19.4. The van der Waals surface area contributed by atoms with Crippen molar-refractivity contribution in [2.75, 3.05) is 27.2 Å². The fourth-order valence-electron chi connectivity index (χ4n) is 3.91. The van der Waals surface area contributed by atoms with Gasteiger partial charge in [-0.1, -0.05) is 6.07 Å². The summed E-state index contributed by atoms with van der Waals surface area (Å²) in [5.41, 5.74) is 1.21. The molecule has 1 aliphatic carbocycles. The first-order valence-electron chi connectivity index (χ1n) is 9.40. The number of benzene rings is 1. The largest absolute Gasteiger partial charge is 0.444 e. The molecule has 1 heterocycles. The third kappa shape index (κ3) is 3.70. The predicted molar refractivity (Wildman–Crippen MR) is 102 cm³/mol. The summed E-state index contributed by atoms with van der Waals surface area (Å²) in [5.74, 6) is 0.000963. The molecule has 0 unspecified atom stereocenters. The lowest BCUT2D eigenvalue weighted by atomic mass is 9.75. The van der Waals surface area contributed by atoms with E-state index in [1.54, 1.807) is 31.1 Å². The molecule has 1 saturated heterocycles. The Kier molecular flexibility index (Phi) is 4.78. The van der Waals surface area contributed by atoms with E-state index in [4.69, 9.17) is 4.74 Å². The summed E-state index contributed by atoms with van der Waals surface area (Å²) in [6.07, 6.45) is 1.60. The summed E-state index contributed by atoms with van der Waals surface area (Å²) >= 11 is 0. The molecule has 6 nitrogen and oxygen atoms in total. The maximum Gasteiger partial charge on any atom is 0.410 e. The van der Waals surface area contributed by atoms with Crippen LogP contribution in [0, 0.1) is 5.41 Å². The molecule has 2 amide bonds. The molecular formula is C21H28N2O4. The van der Waals surface area contributed by atoms with Crippen LogP contribution in [0.2, 0.25) is 0 Å². The minimum absolute atomic E-state index is 0.105. The van der Waals surface area contributed by atoms with Gasteiger partial charge in [0.05, 0.1) is 0 Å². The Labute approximate surface area is 160 Å². The van der Waals surface area contributed by atoms with Crippen LogP contribution in [0.25, 0.3) is 0 Å². The Hall–Kier alpha value is -2.37. The Morgan fingerprint density at radius 3 is 2.33 bits per heavy atom. The lowest BCUT2D eigenvalue weighted by molar-refractivity contribution is 0.0114.